The fourth-order valence-electron chi connectivity index (χ4n) is 2.60. The van der Waals surface area contributed by atoms with Gasteiger partial charge in [-0.1, -0.05) is 11.8 Å². The molecule has 1 aliphatic rings. The van der Waals surface area contributed by atoms with Crippen LogP contribution in [0.5, 0.6) is 0 Å². The Morgan fingerprint density at radius 3 is 3.00 bits per heavy atom. The molecular formula is C17H13N6+. The maximum absolute atomic E-state index is 5.94. The van der Waals surface area contributed by atoms with Crippen molar-refractivity contribution in [2.24, 2.45) is 0 Å². The van der Waals surface area contributed by atoms with Gasteiger partial charge in [0.1, 0.15) is 23.4 Å². The number of rotatable bonds is 0. The van der Waals surface area contributed by atoms with Gasteiger partial charge in [-0.05, 0) is 30.1 Å². The normalized spacial score (nSPS) is 12.7. The van der Waals surface area contributed by atoms with Crippen LogP contribution in [0.3, 0.4) is 0 Å². The van der Waals surface area contributed by atoms with E-state index in [4.69, 9.17) is 5.73 Å². The molecule has 0 unspecified atom stereocenters. The highest BCUT2D eigenvalue weighted by Crippen LogP contribution is 2.33. The minimum atomic E-state index is 0.404. The molecule has 2 aromatic heterocycles. The molecule has 1 aromatic carbocycles. The molecule has 6 nitrogen and oxygen atoms in total. The molecule has 4 rings (SSSR count). The quantitative estimate of drug-likeness (QED) is 0.491. The van der Waals surface area contributed by atoms with Gasteiger partial charge < -0.3 is 10.7 Å². The van der Waals surface area contributed by atoms with Gasteiger partial charge in [-0.15, -0.1) is 0 Å². The summed E-state index contributed by atoms with van der Waals surface area (Å²) in [7, 11) is 0. The summed E-state index contributed by atoms with van der Waals surface area (Å²) in [6.45, 7) is 5.83. The highest BCUT2D eigenvalue weighted by Gasteiger charge is 2.27. The Morgan fingerprint density at radius 2 is 2.13 bits per heavy atom. The fraction of sp³-hybridized carbons (Fsp3) is 0.0588. The van der Waals surface area contributed by atoms with Crippen LogP contribution < -0.4 is 5.73 Å². The predicted octanol–water partition coefficient (Wildman–Crippen LogP) is 1.99. The van der Waals surface area contributed by atoms with E-state index in [-0.39, 0.29) is 0 Å². The molecule has 3 aromatic rings. The van der Waals surface area contributed by atoms with E-state index in [9.17, 15) is 0 Å². The molecule has 3 heterocycles. The van der Waals surface area contributed by atoms with Crippen molar-refractivity contribution in [1.82, 2.24) is 19.9 Å². The Kier molecular flexibility index (Phi) is 2.75. The topological polar surface area (TPSA) is 83.5 Å². The van der Waals surface area contributed by atoms with Crippen molar-refractivity contribution in [3.8, 4) is 11.8 Å². The van der Waals surface area contributed by atoms with Gasteiger partial charge in [0, 0.05) is 5.56 Å². The lowest BCUT2D eigenvalue weighted by atomic mass is 10.1. The van der Waals surface area contributed by atoms with E-state index in [0.29, 0.717) is 11.6 Å². The Balaban J connectivity index is 1.76. The van der Waals surface area contributed by atoms with Crippen molar-refractivity contribution in [1.29, 1.82) is 0 Å². The Bertz CT molecular complexity index is 1060. The summed E-state index contributed by atoms with van der Waals surface area (Å²) in [5.74, 6) is 8.23. The third-order valence-electron chi connectivity index (χ3n) is 3.62. The zero-order valence-electron chi connectivity index (χ0n) is 12.5. The Hall–Kier alpha value is -3.46. The average molecular weight is 301 g/mol. The molecule has 0 fully saturated rings. The average Bonchev–Trinajstić information content (AvgIpc) is 3.05. The first kappa shape index (κ1) is 13.2. The Labute approximate surface area is 132 Å². The molecule has 3 N–H and O–H groups in total. The van der Waals surface area contributed by atoms with Crippen molar-refractivity contribution in [2.75, 3.05) is 5.73 Å². The summed E-state index contributed by atoms with van der Waals surface area (Å²) in [5, 5.41) is 0. The van der Waals surface area contributed by atoms with Crippen LogP contribution in [0.1, 0.15) is 17.0 Å². The highest BCUT2D eigenvalue weighted by atomic mass is 15.1. The van der Waals surface area contributed by atoms with E-state index in [1.54, 1.807) is 4.58 Å². The summed E-state index contributed by atoms with van der Waals surface area (Å²) < 4.78 is 1.65. The van der Waals surface area contributed by atoms with Crippen LogP contribution in [0.25, 0.3) is 16.6 Å². The molecule has 110 valence electrons. The number of aromatic amines is 1. The molecule has 0 saturated carbocycles. The van der Waals surface area contributed by atoms with Gasteiger partial charge in [0.2, 0.25) is 6.33 Å². The van der Waals surface area contributed by atoms with Crippen LogP contribution >= 0.6 is 0 Å². The van der Waals surface area contributed by atoms with Crippen LogP contribution in [0.2, 0.25) is 0 Å². The molecule has 0 aliphatic carbocycles. The molecule has 0 bridgehead atoms. The molecule has 0 atom stereocenters. The van der Waals surface area contributed by atoms with Gasteiger partial charge in [-0.2, -0.15) is 4.98 Å². The number of anilines is 1. The standard InChI is InChI=1S/C17H13N6/c1-10-21-13-6-4-11(7-14(13)22-10)3-5-12-8-23(2)17-15(12)16(18)19-9-20-17/h4,6-9H,2H2,1H3,(H,21,22)(H2,18,19,20)/q+1. The lowest BCUT2D eigenvalue weighted by molar-refractivity contribution is -0.349. The second kappa shape index (κ2) is 4.78. The highest BCUT2D eigenvalue weighted by molar-refractivity contribution is 5.90. The van der Waals surface area contributed by atoms with Crippen LogP contribution in [-0.4, -0.2) is 31.2 Å². The summed E-state index contributed by atoms with van der Waals surface area (Å²) >= 11 is 0. The fourth-order valence-corrected chi connectivity index (χ4v) is 2.60. The van der Waals surface area contributed by atoms with Crippen molar-refractivity contribution >= 4 is 35.0 Å². The zero-order valence-corrected chi connectivity index (χ0v) is 12.5. The first-order chi connectivity index (χ1) is 11.1. The molecule has 0 radical (unpaired) electrons. The third-order valence-corrected chi connectivity index (χ3v) is 3.62. The zero-order chi connectivity index (χ0) is 16.0. The first-order valence-electron chi connectivity index (χ1n) is 7.02. The molecular weight excluding hydrogens is 288 g/mol. The first-order valence-corrected chi connectivity index (χ1v) is 7.02. The van der Waals surface area contributed by atoms with E-state index in [1.807, 2.05) is 31.3 Å². The number of fused-ring (bicyclic) bond motifs is 2. The molecule has 23 heavy (non-hydrogen) atoms. The number of nitrogen functional groups attached to an aromatic ring is 1. The van der Waals surface area contributed by atoms with E-state index >= 15 is 0 Å². The minimum absolute atomic E-state index is 0.404. The third kappa shape index (κ3) is 2.15. The Morgan fingerprint density at radius 1 is 1.26 bits per heavy atom. The maximum Gasteiger partial charge on any atom is 0.341 e. The van der Waals surface area contributed by atoms with Crippen molar-refractivity contribution in [3.05, 3.63) is 47.7 Å². The van der Waals surface area contributed by atoms with E-state index in [2.05, 4.69) is 38.5 Å². The second-order valence-corrected chi connectivity index (χ2v) is 5.27. The minimum Gasteiger partial charge on any atom is -0.383 e. The van der Waals surface area contributed by atoms with Crippen LogP contribution in [-0.2, 0) is 0 Å². The summed E-state index contributed by atoms with van der Waals surface area (Å²) in [6, 6.07) is 5.87. The number of benzene rings is 1. The number of nitrogens with zero attached hydrogens (tertiary/aromatic N) is 4. The molecule has 6 heteroatoms. The number of imidazole rings is 1. The molecule has 1 aliphatic heterocycles. The van der Waals surface area contributed by atoms with Crippen LogP contribution in [0, 0.1) is 18.8 Å². The van der Waals surface area contributed by atoms with Gasteiger partial charge in [-0.3, -0.25) is 0 Å². The van der Waals surface area contributed by atoms with E-state index in [1.165, 1.54) is 6.33 Å². The number of hydrogen-bond acceptors (Lipinski definition) is 4. The summed E-state index contributed by atoms with van der Waals surface area (Å²) in [4.78, 5) is 15.8. The smallest absolute Gasteiger partial charge is 0.341 e. The van der Waals surface area contributed by atoms with Gasteiger partial charge in [0.25, 0.3) is 0 Å². The lowest BCUT2D eigenvalue weighted by Crippen LogP contribution is -1.99. The predicted molar refractivity (Wildman–Crippen MR) is 89.2 cm³/mol. The SMILES string of the molecule is C=[N+]1C=C(C#Cc2ccc3nc(C)[nH]c3c2)c2c(N)ncnc21. The van der Waals surface area contributed by atoms with Gasteiger partial charge in [0.05, 0.1) is 23.3 Å². The number of H-pyrrole nitrogens is 1. The molecule has 0 saturated heterocycles. The summed E-state index contributed by atoms with van der Waals surface area (Å²) in [5.41, 5.74) is 10.2. The number of aromatic nitrogens is 4. The maximum atomic E-state index is 5.94. The van der Waals surface area contributed by atoms with Crippen molar-refractivity contribution in [2.45, 2.75) is 6.92 Å². The van der Waals surface area contributed by atoms with Gasteiger partial charge in [0.15, 0.2) is 0 Å². The monoisotopic (exact) mass is 301 g/mol. The summed E-state index contributed by atoms with van der Waals surface area (Å²) in [6.07, 6.45) is 3.23. The van der Waals surface area contributed by atoms with Gasteiger partial charge >= 0.3 is 5.82 Å². The van der Waals surface area contributed by atoms with Crippen LogP contribution in [0.4, 0.5) is 11.6 Å². The second-order valence-electron chi connectivity index (χ2n) is 5.27. The van der Waals surface area contributed by atoms with Crippen molar-refractivity contribution < 1.29 is 4.58 Å². The molecule has 0 amide bonds. The molecule has 0 spiro atoms. The number of allylic oxidation sites excluding steroid dienone is 1. The van der Waals surface area contributed by atoms with Crippen LogP contribution in [0.15, 0.2) is 30.7 Å². The van der Waals surface area contributed by atoms with Gasteiger partial charge in [-0.25, -0.2) is 9.56 Å². The largest absolute Gasteiger partial charge is 0.383 e. The van der Waals surface area contributed by atoms with E-state index in [0.717, 1.165) is 33.6 Å². The number of hydrogen-bond donors (Lipinski definition) is 2. The lowest BCUT2D eigenvalue weighted by Gasteiger charge is -1.95. The number of nitrogens with one attached hydrogen (secondary N) is 1. The van der Waals surface area contributed by atoms with Crippen molar-refractivity contribution in [3.63, 3.8) is 0 Å². The van der Waals surface area contributed by atoms with E-state index < -0.39 is 0 Å². The number of aryl methyl sites for hydroxylation is 1. The number of nitrogens with two attached hydrogens (primary N) is 1.